The first-order valence-electron chi connectivity index (χ1n) is 10.1. The van der Waals surface area contributed by atoms with Gasteiger partial charge in [0, 0.05) is 48.9 Å². The fourth-order valence-corrected chi connectivity index (χ4v) is 4.24. The molecule has 2 aliphatic rings. The highest BCUT2D eigenvalue weighted by Crippen LogP contribution is 2.35. The summed E-state index contributed by atoms with van der Waals surface area (Å²) in [5.74, 6) is -0.880. The first kappa shape index (κ1) is 19.2. The van der Waals surface area contributed by atoms with E-state index in [2.05, 4.69) is 15.6 Å². The van der Waals surface area contributed by atoms with E-state index in [1.807, 2.05) is 17.0 Å². The van der Waals surface area contributed by atoms with Crippen LogP contribution in [0.4, 0.5) is 25.8 Å². The SMILES string of the molecule is O=C1Nc2cccc(F)c2/C1=C/Nc1ccc(N2CCC(c3ccncc3)C2)c(F)c1. The van der Waals surface area contributed by atoms with E-state index in [9.17, 15) is 13.6 Å². The summed E-state index contributed by atoms with van der Waals surface area (Å²) in [5, 5.41) is 5.55. The number of pyridine rings is 1. The molecule has 5 rings (SSSR count). The number of rotatable bonds is 4. The molecule has 31 heavy (non-hydrogen) atoms. The maximum absolute atomic E-state index is 14.9. The second-order valence-electron chi connectivity index (χ2n) is 7.70. The zero-order valence-corrected chi connectivity index (χ0v) is 16.6. The molecule has 1 amide bonds. The van der Waals surface area contributed by atoms with Crippen molar-refractivity contribution >= 4 is 28.5 Å². The highest BCUT2D eigenvalue weighted by Gasteiger charge is 2.28. The van der Waals surface area contributed by atoms with Crippen LogP contribution in [0.2, 0.25) is 0 Å². The van der Waals surface area contributed by atoms with Crippen LogP contribution in [0.15, 0.2) is 67.1 Å². The van der Waals surface area contributed by atoms with Crippen LogP contribution in [-0.4, -0.2) is 24.0 Å². The van der Waals surface area contributed by atoms with E-state index in [-0.39, 0.29) is 17.0 Å². The molecule has 1 fully saturated rings. The Labute approximate surface area is 178 Å². The predicted molar refractivity (Wildman–Crippen MR) is 117 cm³/mol. The Kier molecular flexibility index (Phi) is 4.86. The van der Waals surface area contributed by atoms with Gasteiger partial charge in [0.05, 0.1) is 16.9 Å². The van der Waals surface area contributed by atoms with E-state index in [4.69, 9.17) is 0 Å². The molecule has 3 aromatic rings. The van der Waals surface area contributed by atoms with Crippen LogP contribution in [0.25, 0.3) is 5.57 Å². The average molecular weight is 418 g/mol. The van der Waals surface area contributed by atoms with Crippen molar-refractivity contribution in [3.63, 3.8) is 0 Å². The molecular formula is C24H20F2N4O. The van der Waals surface area contributed by atoms with Crippen LogP contribution in [0.1, 0.15) is 23.5 Å². The van der Waals surface area contributed by atoms with Crippen LogP contribution in [0.5, 0.6) is 0 Å². The minimum Gasteiger partial charge on any atom is -0.369 e. The van der Waals surface area contributed by atoms with E-state index in [1.54, 1.807) is 30.6 Å². The number of benzene rings is 2. The smallest absolute Gasteiger partial charge is 0.257 e. The zero-order valence-electron chi connectivity index (χ0n) is 16.6. The van der Waals surface area contributed by atoms with Crippen molar-refractivity contribution in [3.8, 4) is 0 Å². The molecule has 3 heterocycles. The van der Waals surface area contributed by atoms with Gasteiger partial charge in [-0.25, -0.2) is 8.78 Å². The largest absolute Gasteiger partial charge is 0.369 e. The molecule has 0 saturated carbocycles. The van der Waals surface area contributed by atoms with Gasteiger partial charge in [0.25, 0.3) is 5.91 Å². The van der Waals surface area contributed by atoms with E-state index < -0.39 is 11.7 Å². The second-order valence-corrected chi connectivity index (χ2v) is 7.70. The maximum atomic E-state index is 14.9. The number of hydrogen-bond donors (Lipinski definition) is 2. The molecule has 5 nitrogen and oxygen atoms in total. The molecule has 0 bridgehead atoms. The molecule has 156 valence electrons. The Morgan fingerprint density at radius 2 is 1.94 bits per heavy atom. The third-order valence-corrected chi connectivity index (χ3v) is 5.81. The summed E-state index contributed by atoms with van der Waals surface area (Å²) in [4.78, 5) is 18.3. The molecule has 0 spiro atoms. The summed E-state index contributed by atoms with van der Waals surface area (Å²) in [6, 6.07) is 13.4. The first-order chi connectivity index (χ1) is 15.1. The molecule has 2 aliphatic heterocycles. The van der Waals surface area contributed by atoms with E-state index in [0.717, 1.165) is 19.5 Å². The lowest BCUT2D eigenvalue weighted by atomic mass is 10.00. The topological polar surface area (TPSA) is 57.3 Å². The van der Waals surface area contributed by atoms with Crippen LogP contribution in [0.3, 0.4) is 0 Å². The van der Waals surface area contributed by atoms with Gasteiger partial charge in [-0.1, -0.05) is 6.07 Å². The van der Waals surface area contributed by atoms with Gasteiger partial charge < -0.3 is 15.5 Å². The summed E-state index contributed by atoms with van der Waals surface area (Å²) in [5.41, 5.74) is 3.07. The number of anilines is 3. The second kappa shape index (κ2) is 7.83. The van der Waals surface area contributed by atoms with Crippen LogP contribution >= 0.6 is 0 Å². The molecule has 1 unspecified atom stereocenters. The maximum Gasteiger partial charge on any atom is 0.257 e. The summed E-state index contributed by atoms with van der Waals surface area (Å²) >= 11 is 0. The monoisotopic (exact) mass is 418 g/mol. The third kappa shape index (κ3) is 3.63. The van der Waals surface area contributed by atoms with Crippen LogP contribution in [0, 0.1) is 11.6 Å². The Morgan fingerprint density at radius 3 is 2.74 bits per heavy atom. The quantitative estimate of drug-likeness (QED) is 0.600. The number of halogens is 2. The Hall–Kier alpha value is -3.74. The standard InChI is InChI=1S/C24H20F2N4O/c25-19-2-1-3-21-23(19)18(24(31)29-21)13-28-17-4-5-22(20(26)12-17)30-11-8-16(14-30)15-6-9-27-10-7-15/h1-7,9-10,12-13,16,28H,8,11,14H2,(H,29,31)/b18-13-. The number of fused-ring (bicyclic) bond motifs is 1. The van der Waals surface area contributed by atoms with Crippen molar-refractivity contribution in [2.75, 3.05) is 28.6 Å². The van der Waals surface area contributed by atoms with Crippen molar-refractivity contribution in [1.82, 2.24) is 4.98 Å². The molecular weight excluding hydrogens is 398 g/mol. The molecule has 1 saturated heterocycles. The van der Waals surface area contributed by atoms with E-state index in [1.165, 1.54) is 30.0 Å². The van der Waals surface area contributed by atoms with Crippen LogP contribution < -0.4 is 15.5 Å². The van der Waals surface area contributed by atoms with Crippen LogP contribution in [-0.2, 0) is 4.79 Å². The van der Waals surface area contributed by atoms with E-state index in [0.29, 0.717) is 23.0 Å². The van der Waals surface area contributed by atoms with Crippen molar-refractivity contribution in [3.05, 3.63) is 89.9 Å². The van der Waals surface area contributed by atoms with Gasteiger partial charge in [0.1, 0.15) is 11.6 Å². The van der Waals surface area contributed by atoms with Gasteiger partial charge >= 0.3 is 0 Å². The summed E-state index contributed by atoms with van der Waals surface area (Å²) in [7, 11) is 0. The summed E-state index contributed by atoms with van der Waals surface area (Å²) < 4.78 is 29.0. The zero-order chi connectivity index (χ0) is 21.4. The van der Waals surface area contributed by atoms with Crippen molar-refractivity contribution < 1.29 is 13.6 Å². The lowest BCUT2D eigenvalue weighted by molar-refractivity contribution is -0.110. The van der Waals surface area contributed by atoms with Gasteiger partial charge in [0.2, 0.25) is 0 Å². The highest BCUT2D eigenvalue weighted by atomic mass is 19.1. The summed E-state index contributed by atoms with van der Waals surface area (Å²) in [6.45, 7) is 1.52. The number of nitrogens with zero attached hydrogens (tertiary/aromatic N) is 2. The van der Waals surface area contributed by atoms with Crippen molar-refractivity contribution in [2.45, 2.75) is 12.3 Å². The van der Waals surface area contributed by atoms with Crippen molar-refractivity contribution in [1.29, 1.82) is 0 Å². The summed E-state index contributed by atoms with van der Waals surface area (Å²) in [6.07, 6.45) is 5.93. The van der Waals surface area contributed by atoms with Crippen molar-refractivity contribution in [2.24, 2.45) is 0 Å². The molecule has 2 aromatic carbocycles. The normalized spacial score (nSPS) is 18.9. The predicted octanol–water partition coefficient (Wildman–Crippen LogP) is 4.76. The molecule has 1 atom stereocenters. The Balaban J connectivity index is 1.32. The minimum absolute atomic E-state index is 0.178. The highest BCUT2D eigenvalue weighted by molar-refractivity contribution is 6.31. The number of carbonyl (C=O) groups is 1. The number of carbonyl (C=O) groups excluding carboxylic acids is 1. The van der Waals surface area contributed by atoms with Gasteiger partial charge in [-0.15, -0.1) is 0 Å². The van der Waals surface area contributed by atoms with Gasteiger partial charge in [-0.3, -0.25) is 9.78 Å². The molecule has 0 radical (unpaired) electrons. The third-order valence-electron chi connectivity index (χ3n) is 5.81. The lowest BCUT2D eigenvalue weighted by Crippen LogP contribution is -2.20. The first-order valence-corrected chi connectivity index (χ1v) is 10.1. The molecule has 0 aliphatic carbocycles. The minimum atomic E-state index is -0.483. The fourth-order valence-electron chi connectivity index (χ4n) is 4.24. The molecule has 2 N–H and O–H groups in total. The number of aromatic nitrogens is 1. The van der Waals surface area contributed by atoms with Gasteiger partial charge in [0.15, 0.2) is 0 Å². The number of amides is 1. The van der Waals surface area contributed by atoms with E-state index >= 15 is 0 Å². The Morgan fingerprint density at radius 1 is 1.10 bits per heavy atom. The fraction of sp³-hybridized carbons (Fsp3) is 0.167. The van der Waals surface area contributed by atoms with Gasteiger partial charge in [-0.05, 0) is 54.4 Å². The Bertz CT molecular complexity index is 1180. The van der Waals surface area contributed by atoms with Gasteiger partial charge in [-0.2, -0.15) is 0 Å². The lowest BCUT2D eigenvalue weighted by Gasteiger charge is -2.20. The number of nitrogens with one attached hydrogen (secondary N) is 2. The molecule has 1 aromatic heterocycles. The average Bonchev–Trinajstić information content (AvgIpc) is 3.38. The molecule has 7 heteroatoms. The number of hydrogen-bond acceptors (Lipinski definition) is 4.